The average Bonchev–Trinajstić information content (AvgIpc) is 2.35. The third-order valence-corrected chi connectivity index (χ3v) is 2.39. The molecule has 0 aliphatic carbocycles. The van der Waals surface area contributed by atoms with E-state index in [9.17, 15) is 14.9 Å². The van der Waals surface area contributed by atoms with Crippen molar-refractivity contribution in [2.75, 3.05) is 0 Å². The Labute approximate surface area is 111 Å². The van der Waals surface area contributed by atoms with E-state index < -0.39 is 4.92 Å². The van der Waals surface area contributed by atoms with E-state index in [-0.39, 0.29) is 11.6 Å². The maximum absolute atomic E-state index is 11.7. The number of hydrogen-bond acceptors (Lipinski definition) is 4. The fourth-order valence-corrected chi connectivity index (χ4v) is 1.58. The van der Waals surface area contributed by atoms with Gasteiger partial charge in [-0.25, -0.2) is 5.43 Å². The third-order valence-electron chi connectivity index (χ3n) is 2.39. The van der Waals surface area contributed by atoms with Crippen molar-refractivity contribution in [2.45, 2.75) is 27.2 Å². The molecule has 1 amide bonds. The van der Waals surface area contributed by atoms with Crippen molar-refractivity contribution >= 4 is 17.3 Å². The fraction of sp³-hybridized carbons (Fsp3) is 0.385. The second kappa shape index (κ2) is 6.63. The molecule has 0 aromatic heterocycles. The van der Waals surface area contributed by atoms with Crippen LogP contribution < -0.4 is 5.43 Å². The van der Waals surface area contributed by atoms with E-state index in [1.807, 2.05) is 6.92 Å². The number of carbonyl (C=O) groups is 1. The summed E-state index contributed by atoms with van der Waals surface area (Å²) in [5.74, 6) is 0.0954. The average molecular weight is 263 g/mol. The number of rotatable bonds is 5. The Hall–Kier alpha value is -2.24. The summed E-state index contributed by atoms with van der Waals surface area (Å²) in [7, 11) is 0. The van der Waals surface area contributed by atoms with E-state index >= 15 is 0 Å². The minimum atomic E-state index is -0.507. The number of nitrogens with zero attached hydrogens (tertiary/aromatic N) is 2. The zero-order valence-corrected chi connectivity index (χ0v) is 11.2. The van der Waals surface area contributed by atoms with Crippen molar-refractivity contribution in [3.63, 3.8) is 0 Å². The van der Waals surface area contributed by atoms with Crippen molar-refractivity contribution in [3.8, 4) is 0 Å². The molecular formula is C13H17N3O3. The van der Waals surface area contributed by atoms with Gasteiger partial charge in [-0.3, -0.25) is 14.9 Å². The summed E-state index contributed by atoms with van der Waals surface area (Å²) in [5.41, 5.74) is 3.56. The summed E-state index contributed by atoms with van der Waals surface area (Å²) < 4.78 is 0. The number of hydrazone groups is 1. The van der Waals surface area contributed by atoms with Gasteiger partial charge in [0.15, 0.2) is 0 Å². The van der Waals surface area contributed by atoms with Crippen molar-refractivity contribution in [1.82, 2.24) is 5.43 Å². The Morgan fingerprint density at radius 3 is 2.42 bits per heavy atom. The van der Waals surface area contributed by atoms with E-state index in [0.29, 0.717) is 11.5 Å². The van der Waals surface area contributed by atoms with E-state index in [1.54, 1.807) is 0 Å². The van der Waals surface area contributed by atoms with Crippen LogP contribution in [0.25, 0.3) is 0 Å². The molecule has 0 radical (unpaired) electrons. The van der Waals surface area contributed by atoms with Gasteiger partial charge in [0.1, 0.15) is 0 Å². The van der Waals surface area contributed by atoms with Gasteiger partial charge in [-0.2, -0.15) is 5.10 Å². The first-order chi connectivity index (χ1) is 8.90. The minimum Gasteiger partial charge on any atom is -0.267 e. The first-order valence-corrected chi connectivity index (χ1v) is 5.98. The van der Waals surface area contributed by atoms with Gasteiger partial charge in [0.25, 0.3) is 11.6 Å². The van der Waals surface area contributed by atoms with Crippen molar-refractivity contribution in [3.05, 3.63) is 39.9 Å². The molecule has 1 rings (SSSR count). The van der Waals surface area contributed by atoms with Crippen LogP contribution in [-0.4, -0.2) is 16.5 Å². The quantitative estimate of drug-likeness (QED) is 0.503. The molecule has 19 heavy (non-hydrogen) atoms. The van der Waals surface area contributed by atoms with Gasteiger partial charge < -0.3 is 0 Å². The van der Waals surface area contributed by atoms with Crippen LogP contribution in [0.5, 0.6) is 0 Å². The van der Waals surface area contributed by atoms with Crippen LogP contribution in [0.15, 0.2) is 29.4 Å². The zero-order chi connectivity index (χ0) is 14.4. The smallest absolute Gasteiger partial charge is 0.267 e. The van der Waals surface area contributed by atoms with Gasteiger partial charge in [-0.05, 0) is 31.4 Å². The number of amides is 1. The summed E-state index contributed by atoms with van der Waals surface area (Å²) in [5, 5.41) is 14.5. The van der Waals surface area contributed by atoms with Gasteiger partial charge in [-0.1, -0.05) is 13.8 Å². The SMILES string of the molecule is CC(CC(C)C)=NNC(=O)c1ccc([N+](=O)[O-])cc1. The molecule has 0 aliphatic rings. The highest BCUT2D eigenvalue weighted by molar-refractivity contribution is 5.95. The molecule has 0 saturated heterocycles. The molecule has 102 valence electrons. The molecule has 0 heterocycles. The summed E-state index contributed by atoms with van der Waals surface area (Å²) in [4.78, 5) is 21.7. The molecule has 0 spiro atoms. The van der Waals surface area contributed by atoms with Crippen LogP contribution in [0.2, 0.25) is 0 Å². The lowest BCUT2D eigenvalue weighted by atomic mass is 10.1. The number of nitrogens with one attached hydrogen (secondary N) is 1. The molecule has 1 N–H and O–H groups in total. The Balaban J connectivity index is 2.66. The molecule has 1 aromatic carbocycles. The van der Waals surface area contributed by atoms with Gasteiger partial charge in [0.2, 0.25) is 0 Å². The van der Waals surface area contributed by atoms with Crippen LogP contribution in [0.1, 0.15) is 37.6 Å². The molecule has 0 saturated carbocycles. The standard InChI is InChI=1S/C13H17N3O3/c1-9(2)8-10(3)14-15-13(17)11-4-6-12(7-5-11)16(18)19/h4-7,9H,8H2,1-3H3,(H,15,17). The first-order valence-electron chi connectivity index (χ1n) is 5.98. The molecule has 1 aromatic rings. The van der Waals surface area contributed by atoms with E-state index in [2.05, 4.69) is 24.4 Å². The molecule has 6 heteroatoms. The van der Waals surface area contributed by atoms with E-state index in [1.165, 1.54) is 24.3 Å². The van der Waals surface area contributed by atoms with E-state index in [0.717, 1.165) is 12.1 Å². The van der Waals surface area contributed by atoms with Gasteiger partial charge >= 0.3 is 0 Å². The number of carbonyl (C=O) groups excluding carboxylic acids is 1. The second-order valence-electron chi connectivity index (χ2n) is 4.69. The molecule has 0 fully saturated rings. The lowest BCUT2D eigenvalue weighted by Gasteiger charge is -2.04. The monoisotopic (exact) mass is 263 g/mol. The highest BCUT2D eigenvalue weighted by Crippen LogP contribution is 2.11. The Bertz CT molecular complexity index is 492. The summed E-state index contributed by atoms with van der Waals surface area (Å²) >= 11 is 0. The summed E-state index contributed by atoms with van der Waals surface area (Å²) in [6, 6.07) is 5.39. The number of nitro benzene ring substituents is 1. The Kier molecular flexibility index (Phi) is 5.17. The fourth-order valence-electron chi connectivity index (χ4n) is 1.58. The van der Waals surface area contributed by atoms with Gasteiger partial charge in [0, 0.05) is 23.4 Å². The second-order valence-corrected chi connectivity index (χ2v) is 4.69. The first kappa shape index (κ1) is 14.8. The minimum absolute atomic E-state index is 0.0453. The Morgan fingerprint density at radius 1 is 1.37 bits per heavy atom. The van der Waals surface area contributed by atoms with E-state index in [4.69, 9.17) is 0 Å². The van der Waals surface area contributed by atoms with Crippen molar-refractivity contribution in [1.29, 1.82) is 0 Å². The lowest BCUT2D eigenvalue weighted by molar-refractivity contribution is -0.384. The molecule has 0 atom stereocenters. The highest BCUT2D eigenvalue weighted by atomic mass is 16.6. The zero-order valence-electron chi connectivity index (χ0n) is 11.2. The molecule has 0 aliphatic heterocycles. The maximum Gasteiger partial charge on any atom is 0.271 e. The van der Waals surface area contributed by atoms with Crippen LogP contribution in [-0.2, 0) is 0 Å². The normalized spacial score (nSPS) is 11.5. The lowest BCUT2D eigenvalue weighted by Crippen LogP contribution is -2.19. The van der Waals surface area contributed by atoms with Crippen LogP contribution in [0, 0.1) is 16.0 Å². The van der Waals surface area contributed by atoms with Crippen LogP contribution >= 0.6 is 0 Å². The summed E-state index contributed by atoms with van der Waals surface area (Å²) in [6.45, 7) is 5.98. The molecule has 0 bridgehead atoms. The molecule has 6 nitrogen and oxygen atoms in total. The van der Waals surface area contributed by atoms with Gasteiger partial charge in [0.05, 0.1) is 4.92 Å². The topological polar surface area (TPSA) is 84.6 Å². The maximum atomic E-state index is 11.7. The number of non-ortho nitro benzene ring substituents is 1. The third kappa shape index (κ3) is 4.87. The highest BCUT2D eigenvalue weighted by Gasteiger charge is 2.08. The van der Waals surface area contributed by atoms with Crippen LogP contribution in [0.4, 0.5) is 5.69 Å². The number of hydrogen-bond donors (Lipinski definition) is 1. The van der Waals surface area contributed by atoms with Crippen LogP contribution in [0.3, 0.4) is 0 Å². The predicted molar refractivity (Wildman–Crippen MR) is 73.1 cm³/mol. The van der Waals surface area contributed by atoms with Crippen molar-refractivity contribution in [2.24, 2.45) is 11.0 Å². The predicted octanol–water partition coefficient (Wildman–Crippen LogP) is 2.75. The number of benzene rings is 1. The molecular weight excluding hydrogens is 246 g/mol. The number of nitro groups is 1. The summed E-state index contributed by atoms with van der Waals surface area (Å²) in [6.07, 6.45) is 0.806. The largest absolute Gasteiger partial charge is 0.271 e. The van der Waals surface area contributed by atoms with Gasteiger partial charge in [-0.15, -0.1) is 0 Å². The van der Waals surface area contributed by atoms with Crippen molar-refractivity contribution < 1.29 is 9.72 Å². The Morgan fingerprint density at radius 2 is 1.95 bits per heavy atom. The molecule has 0 unspecified atom stereocenters.